The third kappa shape index (κ3) is 4.60. The van der Waals surface area contributed by atoms with Gasteiger partial charge in [0.25, 0.3) is 5.91 Å². The standard InChI is InChI=1S/C15H9ClF3N3O2/c16-14-9(6-20)4-11(7-21-14)22-13(23)8-24-12-3-1-2-10(5-12)15(17,18)19/h1-5,7H,8H2,(H,22,23). The minimum absolute atomic E-state index is 0.00397. The Labute approximate surface area is 139 Å². The number of amides is 1. The number of aromatic nitrogens is 1. The highest BCUT2D eigenvalue weighted by molar-refractivity contribution is 6.30. The number of nitrogens with zero attached hydrogens (tertiary/aromatic N) is 2. The average molecular weight is 356 g/mol. The second-order valence-electron chi connectivity index (χ2n) is 4.54. The molecule has 0 aliphatic rings. The highest BCUT2D eigenvalue weighted by Gasteiger charge is 2.30. The molecule has 1 aromatic heterocycles. The Hall–Kier alpha value is -2.79. The number of halogens is 4. The molecule has 2 aromatic rings. The van der Waals surface area contributed by atoms with E-state index in [1.54, 1.807) is 6.07 Å². The zero-order chi connectivity index (χ0) is 17.7. The molecule has 5 nitrogen and oxygen atoms in total. The second-order valence-corrected chi connectivity index (χ2v) is 4.89. The van der Waals surface area contributed by atoms with E-state index in [0.717, 1.165) is 12.1 Å². The van der Waals surface area contributed by atoms with Gasteiger partial charge in [-0.15, -0.1) is 0 Å². The number of ether oxygens (including phenoxy) is 1. The second kappa shape index (κ2) is 7.19. The molecule has 1 N–H and O–H groups in total. The molecule has 24 heavy (non-hydrogen) atoms. The van der Waals surface area contributed by atoms with E-state index < -0.39 is 24.3 Å². The first-order chi connectivity index (χ1) is 11.3. The van der Waals surface area contributed by atoms with Crippen molar-refractivity contribution in [3.05, 3.63) is 52.8 Å². The van der Waals surface area contributed by atoms with Crippen LogP contribution >= 0.6 is 11.6 Å². The molecule has 0 spiro atoms. The van der Waals surface area contributed by atoms with Crippen molar-refractivity contribution >= 4 is 23.2 Å². The van der Waals surface area contributed by atoms with Crippen molar-refractivity contribution in [3.8, 4) is 11.8 Å². The van der Waals surface area contributed by atoms with E-state index in [9.17, 15) is 18.0 Å². The molecular weight excluding hydrogens is 347 g/mol. The number of rotatable bonds is 4. The molecule has 0 fully saturated rings. The highest BCUT2D eigenvalue weighted by Crippen LogP contribution is 2.31. The maximum atomic E-state index is 12.6. The number of alkyl halides is 3. The third-order valence-electron chi connectivity index (χ3n) is 2.77. The average Bonchev–Trinajstić information content (AvgIpc) is 2.54. The number of carbonyl (C=O) groups excluding carboxylic acids is 1. The van der Waals surface area contributed by atoms with Crippen molar-refractivity contribution < 1.29 is 22.7 Å². The van der Waals surface area contributed by atoms with Crippen molar-refractivity contribution in [2.45, 2.75) is 6.18 Å². The summed E-state index contributed by atoms with van der Waals surface area (Å²) in [6.45, 7) is -0.508. The van der Waals surface area contributed by atoms with Crippen LogP contribution in [0.2, 0.25) is 5.15 Å². The van der Waals surface area contributed by atoms with E-state index >= 15 is 0 Å². The third-order valence-corrected chi connectivity index (χ3v) is 3.08. The lowest BCUT2D eigenvalue weighted by Crippen LogP contribution is -2.20. The Morgan fingerprint density at radius 1 is 1.38 bits per heavy atom. The van der Waals surface area contributed by atoms with Crippen molar-refractivity contribution in [2.24, 2.45) is 0 Å². The number of hydrogen-bond donors (Lipinski definition) is 1. The number of anilines is 1. The number of carbonyl (C=O) groups is 1. The van der Waals surface area contributed by atoms with Gasteiger partial charge in [0.1, 0.15) is 17.0 Å². The van der Waals surface area contributed by atoms with Crippen LogP contribution in [0.4, 0.5) is 18.9 Å². The lowest BCUT2D eigenvalue weighted by molar-refractivity contribution is -0.137. The van der Waals surface area contributed by atoms with Crippen LogP contribution in [0.3, 0.4) is 0 Å². The lowest BCUT2D eigenvalue weighted by atomic mass is 10.2. The van der Waals surface area contributed by atoms with Crippen molar-refractivity contribution in [1.29, 1.82) is 5.26 Å². The van der Waals surface area contributed by atoms with Crippen LogP contribution < -0.4 is 10.1 Å². The zero-order valence-corrected chi connectivity index (χ0v) is 12.6. The van der Waals surface area contributed by atoms with Crippen molar-refractivity contribution in [2.75, 3.05) is 11.9 Å². The number of benzene rings is 1. The van der Waals surface area contributed by atoms with Gasteiger partial charge in [-0.25, -0.2) is 4.98 Å². The summed E-state index contributed by atoms with van der Waals surface area (Å²) in [7, 11) is 0. The maximum absolute atomic E-state index is 12.6. The number of nitriles is 1. The molecular formula is C15H9ClF3N3O2. The topological polar surface area (TPSA) is 75.0 Å². The molecule has 0 atom stereocenters. The quantitative estimate of drug-likeness (QED) is 0.849. The van der Waals surface area contributed by atoms with E-state index in [4.69, 9.17) is 21.6 Å². The van der Waals surface area contributed by atoms with Gasteiger partial charge in [-0.1, -0.05) is 17.7 Å². The largest absolute Gasteiger partial charge is 0.484 e. The Morgan fingerprint density at radius 3 is 2.79 bits per heavy atom. The summed E-state index contributed by atoms with van der Waals surface area (Å²) in [5, 5.41) is 11.2. The minimum atomic E-state index is -4.50. The SMILES string of the molecule is N#Cc1cc(NC(=O)COc2cccc(C(F)(F)F)c2)cnc1Cl. The fraction of sp³-hybridized carbons (Fsp3) is 0.133. The van der Waals surface area contributed by atoms with Crippen LogP contribution in [0.25, 0.3) is 0 Å². The van der Waals surface area contributed by atoms with E-state index in [2.05, 4.69) is 10.3 Å². The molecule has 1 amide bonds. The van der Waals surface area contributed by atoms with Crippen LogP contribution in [0.5, 0.6) is 5.75 Å². The van der Waals surface area contributed by atoms with Crippen LogP contribution in [-0.4, -0.2) is 17.5 Å². The molecule has 2 rings (SSSR count). The van der Waals surface area contributed by atoms with Crippen molar-refractivity contribution in [1.82, 2.24) is 4.98 Å². The Kier molecular flexibility index (Phi) is 5.26. The van der Waals surface area contributed by atoms with Crippen LogP contribution in [-0.2, 0) is 11.0 Å². The first-order valence-corrected chi connectivity index (χ1v) is 6.83. The number of nitrogens with one attached hydrogen (secondary N) is 1. The van der Waals surface area contributed by atoms with Gasteiger partial charge in [0.15, 0.2) is 6.61 Å². The van der Waals surface area contributed by atoms with Gasteiger partial charge in [-0.2, -0.15) is 18.4 Å². The Bertz CT molecular complexity index is 803. The fourth-order valence-electron chi connectivity index (χ4n) is 1.70. The highest BCUT2D eigenvalue weighted by atomic mass is 35.5. The summed E-state index contributed by atoms with van der Waals surface area (Å²) in [5.41, 5.74) is -0.581. The van der Waals surface area contributed by atoms with Gasteiger partial charge in [0.2, 0.25) is 0 Å². The molecule has 0 saturated heterocycles. The molecule has 124 valence electrons. The lowest BCUT2D eigenvalue weighted by Gasteiger charge is -2.10. The molecule has 0 bridgehead atoms. The smallest absolute Gasteiger partial charge is 0.416 e. The van der Waals surface area contributed by atoms with Gasteiger partial charge in [0, 0.05) is 0 Å². The van der Waals surface area contributed by atoms with Gasteiger partial charge in [0.05, 0.1) is 23.0 Å². The van der Waals surface area contributed by atoms with Crippen LogP contribution in [0, 0.1) is 11.3 Å². The molecule has 0 unspecified atom stereocenters. The predicted molar refractivity (Wildman–Crippen MR) is 79.5 cm³/mol. The van der Waals surface area contributed by atoms with Crippen molar-refractivity contribution in [3.63, 3.8) is 0 Å². The molecule has 1 heterocycles. The van der Waals surface area contributed by atoms with E-state index in [-0.39, 0.29) is 22.2 Å². The van der Waals surface area contributed by atoms with E-state index in [1.807, 2.05) is 0 Å². The molecule has 0 saturated carbocycles. The number of pyridine rings is 1. The van der Waals surface area contributed by atoms with E-state index in [1.165, 1.54) is 24.4 Å². The monoisotopic (exact) mass is 355 g/mol. The summed E-state index contributed by atoms with van der Waals surface area (Å²) in [4.78, 5) is 15.5. The first-order valence-electron chi connectivity index (χ1n) is 6.45. The van der Waals surface area contributed by atoms with Gasteiger partial charge >= 0.3 is 6.18 Å². The Balaban J connectivity index is 1.98. The molecule has 0 aliphatic carbocycles. The summed E-state index contributed by atoms with van der Waals surface area (Å²) in [5.74, 6) is -0.715. The summed E-state index contributed by atoms with van der Waals surface area (Å²) in [6.07, 6.45) is -3.25. The first kappa shape index (κ1) is 17.6. The van der Waals surface area contributed by atoms with Crippen LogP contribution in [0.15, 0.2) is 36.5 Å². The molecule has 9 heteroatoms. The Morgan fingerprint density at radius 2 is 2.12 bits per heavy atom. The van der Waals surface area contributed by atoms with Gasteiger partial charge < -0.3 is 10.1 Å². The molecule has 0 radical (unpaired) electrons. The summed E-state index contributed by atoms with van der Waals surface area (Å²) >= 11 is 5.66. The fourth-order valence-corrected chi connectivity index (χ4v) is 1.85. The zero-order valence-electron chi connectivity index (χ0n) is 11.9. The van der Waals surface area contributed by atoms with Crippen LogP contribution in [0.1, 0.15) is 11.1 Å². The number of hydrogen-bond acceptors (Lipinski definition) is 4. The minimum Gasteiger partial charge on any atom is -0.484 e. The normalized spacial score (nSPS) is 10.8. The van der Waals surface area contributed by atoms with Gasteiger partial charge in [-0.3, -0.25) is 4.79 Å². The predicted octanol–water partition coefficient (Wildman–Crippen LogP) is 3.64. The maximum Gasteiger partial charge on any atom is 0.416 e. The molecule has 1 aromatic carbocycles. The van der Waals surface area contributed by atoms with E-state index in [0.29, 0.717) is 0 Å². The summed E-state index contributed by atoms with van der Waals surface area (Å²) < 4.78 is 42.8. The summed E-state index contributed by atoms with van der Waals surface area (Å²) in [6, 6.07) is 7.30. The molecule has 0 aliphatic heterocycles. The van der Waals surface area contributed by atoms with Gasteiger partial charge in [-0.05, 0) is 24.3 Å².